The molecule has 0 aliphatic heterocycles. The fourth-order valence-corrected chi connectivity index (χ4v) is 3.20. The van der Waals surface area contributed by atoms with Crippen LogP contribution in [0.15, 0.2) is 60.8 Å². The van der Waals surface area contributed by atoms with E-state index in [1.165, 1.54) is 20.2 Å². The highest BCUT2D eigenvalue weighted by Crippen LogP contribution is 2.11. The van der Waals surface area contributed by atoms with Gasteiger partial charge in [-0.25, -0.2) is 14.6 Å². The zero-order chi connectivity index (χ0) is 24.5. The van der Waals surface area contributed by atoms with Crippen molar-refractivity contribution in [1.82, 2.24) is 20.6 Å². The molecule has 0 radical (unpaired) electrons. The number of ether oxygens (including phenoxy) is 2. The summed E-state index contributed by atoms with van der Waals surface area (Å²) in [7, 11) is 1.19. The van der Waals surface area contributed by atoms with Crippen LogP contribution in [0.1, 0.15) is 18.2 Å². The summed E-state index contributed by atoms with van der Waals surface area (Å²) in [6.07, 6.45) is -0.639. The Kier molecular flexibility index (Phi) is 8.47. The number of aliphatic hydroxyl groups is 1. The molecule has 0 fully saturated rings. The van der Waals surface area contributed by atoms with E-state index in [2.05, 4.69) is 20.6 Å². The van der Waals surface area contributed by atoms with Gasteiger partial charge < -0.3 is 25.2 Å². The van der Waals surface area contributed by atoms with Gasteiger partial charge in [0.05, 0.1) is 29.9 Å². The standard InChI is InChI=1S/C24H26N4O6/c1-15(29)21(28-24(32)34-14-16-8-4-3-5-9-16)22(30)27-20(23(31)33-2)12-17-13-25-18-10-6-7-11-19(18)26-17/h3-11,13,15,20-21,29H,12,14H2,1-2H3,(H,27,30)(H,28,32)/t15-,20-,21+/m1/s1. The van der Waals surface area contributed by atoms with Crippen molar-refractivity contribution in [3.63, 3.8) is 0 Å². The van der Waals surface area contributed by atoms with Crippen LogP contribution in [0.5, 0.6) is 0 Å². The van der Waals surface area contributed by atoms with Crippen molar-refractivity contribution >= 4 is 29.0 Å². The van der Waals surface area contributed by atoms with Gasteiger partial charge in [-0.2, -0.15) is 0 Å². The number of methoxy groups -OCH3 is 1. The maximum Gasteiger partial charge on any atom is 0.408 e. The summed E-state index contributed by atoms with van der Waals surface area (Å²) < 4.78 is 9.92. The summed E-state index contributed by atoms with van der Waals surface area (Å²) in [5.74, 6) is -1.49. The minimum atomic E-state index is -1.36. The van der Waals surface area contributed by atoms with Crippen molar-refractivity contribution in [3.8, 4) is 0 Å². The number of nitrogens with one attached hydrogen (secondary N) is 2. The van der Waals surface area contributed by atoms with Gasteiger partial charge in [0.25, 0.3) is 0 Å². The Hall–Kier alpha value is -4.05. The van der Waals surface area contributed by atoms with Crippen molar-refractivity contribution in [1.29, 1.82) is 0 Å². The molecule has 0 aliphatic carbocycles. The second-order valence-corrected chi connectivity index (χ2v) is 7.56. The normalized spacial score (nSPS) is 13.4. The lowest BCUT2D eigenvalue weighted by Gasteiger charge is -2.23. The quantitative estimate of drug-likeness (QED) is 0.403. The number of alkyl carbamates (subject to hydrolysis) is 1. The first-order chi connectivity index (χ1) is 16.4. The lowest BCUT2D eigenvalue weighted by molar-refractivity contribution is -0.145. The average molecular weight is 466 g/mol. The third kappa shape index (κ3) is 6.72. The average Bonchev–Trinajstić information content (AvgIpc) is 2.85. The van der Waals surface area contributed by atoms with Crippen molar-refractivity contribution < 1.29 is 29.0 Å². The number of esters is 1. The summed E-state index contributed by atoms with van der Waals surface area (Å²) >= 11 is 0. The topological polar surface area (TPSA) is 140 Å². The first-order valence-electron chi connectivity index (χ1n) is 10.6. The maximum absolute atomic E-state index is 12.8. The largest absolute Gasteiger partial charge is 0.467 e. The summed E-state index contributed by atoms with van der Waals surface area (Å²) in [5.41, 5.74) is 2.55. The van der Waals surface area contributed by atoms with E-state index in [1.807, 2.05) is 24.3 Å². The number of aromatic nitrogens is 2. The lowest BCUT2D eigenvalue weighted by Crippen LogP contribution is -2.56. The molecule has 3 aromatic rings. The molecule has 0 bridgehead atoms. The molecule has 34 heavy (non-hydrogen) atoms. The number of hydrogen-bond donors (Lipinski definition) is 3. The Morgan fingerprint density at radius 1 is 1.00 bits per heavy atom. The highest BCUT2D eigenvalue weighted by Gasteiger charge is 2.31. The summed E-state index contributed by atoms with van der Waals surface area (Å²) in [4.78, 5) is 46.1. The smallest absolute Gasteiger partial charge is 0.408 e. The fraction of sp³-hybridized carbons (Fsp3) is 0.292. The van der Waals surface area contributed by atoms with Crippen LogP contribution >= 0.6 is 0 Å². The molecule has 0 aliphatic rings. The molecule has 10 nitrogen and oxygen atoms in total. The summed E-state index contributed by atoms with van der Waals surface area (Å²) in [6, 6.07) is 13.8. The van der Waals surface area contributed by atoms with Gasteiger partial charge in [-0.15, -0.1) is 0 Å². The van der Waals surface area contributed by atoms with Gasteiger partial charge in [0, 0.05) is 12.6 Å². The molecule has 1 aromatic heterocycles. The molecule has 0 spiro atoms. The van der Waals surface area contributed by atoms with Crippen LogP contribution in [0.25, 0.3) is 11.0 Å². The summed E-state index contributed by atoms with van der Waals surface area (Å²) in [6.45, 7) is 1.33. The Balaban J connectivity index is 1.66. The van der Waals surface area contributed by atoms with E-state index in [-0.39, 0.29) is 13.0 Å². The number of aliphatic hydroxyl groups excluding tert-OH is 1. The first-order valence-corrected chi connectivity index (χ1v) is 10.6. The Morgan fingerprint density at radius 3 is 2.35 bits per heavy atom. The molecule has 1 heterocycles. The number of fused-ring (bicyclic) bond motifs is 1. The zero-order valence-electron chi connectivity index (χ0n) is 18.8. The summed E-state index contributed by atoms with van der Waals surface area (Å²) in [5, 5.41) is 14.9. The van der Waals surface area contributed by atoms with E-state index in [0.717, 1.165) is 5.56 Å². The van der Waals surface area contributed by atoms with Gasteiger partial charge in [-0.05, 0) is 24.6 Å². The monoisotopic (exact) mass is 466 g/mol. The van der Waals surface area contributed by atoms with Crippen LogP contribution < -0.4 is 10.6 Å². The molecular weight excluding hydrogens is 440 g/mol. The van der Waals surface area contributed by atoms with E-state index in [9.17, 15) is 19.5 Å². The zero-order valence-corrected chi connectivity index (χ0v) is 18.8. The molecule has 2 aromatic carbocycles. The number of benzene rings is 2. The maximum atomic E-state index is 12.8. The van der Waals surface area contributed by atoms with Crippen LogP contribution in [-0.2, 0) is 32.1 Å². The molecular formula is C24H26N4O6. The van der Waals surface area contributed by atoms with E-state index in [0.29, 0.717) is 16.7 Å². The SMILES string of the molecule is COC(=O)[C@@H](Cc1cnc2ccccc2n1)NC(=O)[C@@H](NC(=O)OCc1ccccc1)[C@@H](C)O. The molecule has 3 N–H and O–H groups in total. The van der Waals surface area contributed by atoms with Gasteiger partial charge in [0.1, 0.15) is 18.7 Å². The number of amides is 2. The van der Waals surface area contributed by atoms with Gasteiger partial charge in [0.15, 0.2) is 0 Å². The molecule has 0 unspecified atom stereocenters. The van der Waals surface area contributed by atoms with Crippen LogP contribution in [0.2, 0.25) is 0 Å². The van der Waals surface area contributed by atoms with Crippen molar-refractivity contribution in [2.75, 3.05) is 7.11 Å². The third-order valence-electron chi connectivity index (χ3n) is 4.96. The van der Waals surface area contributed by atoms with E-state index >= 15 is 0 Å². The van der Waals surface area contributed by atoms with E-state index in [4.69, 9.17) is 9.47 Å². The minimum Gasteiger partial charge on any atom is -0.467 e. The molecule has 0 saturated heterocycles. The van der Waals surface area contributed by atoms with Crippen molar-refractivity contribution in [2.45, 2.75) is 38.1 Å². The van der Waals surface area contributed by atoms with Crippen molar-refractivity contribution in [2.24, 2.45) is 0 Å². The highest BCUT2D eigenvalue weighted by atomic mass is 16.5. The Morgan fingerprint density at radius 2 is 1.68 bits per heavy atom. The van der Waals surface area contributed by atoms with Crippen LogP contribution in [0.4, 0.5) is 4.79 Å². The van der Waals surface area contributed by atoms with Gasteiger partial charge in [-0.3, -0.25) is 9.78 Å². The molecule has 10 heteroatoms. The fourth-order valence-electron chi connectivity index (χ4n) is 3.20. The highest BCUT2D eigenvalue weighted by molar-refractivity contribution is 5.90. The molecule has 3 rings (SSSR count). The Labute approximate surface area is 196 Å². The van der Waals surface area contributed by atoms with Gasteiger partial charge in [0.2, 0.25) is 5.91 Å². The second-order valence-electron chi connectivity index (χ2n) is 7.56. The lowest BCUT2D eigenvalue weighted by atomic mass is 10.1. The molecule has 0 saturated carbocycles. The van der Waals surface area contributed by atoms with Gasteiger partial charge >= 0.3 is 12.1 Å². The second kappa shape index (κ2) is 11.7. The van der Waals surface area contributed by atoms with Gasteiger partial charge in [-0.1, -0.05) is 42.5 Å². The van der Waals surface area contributed by atoms with E-state index in [1.54, 1.807) is 30.3 Å². The number of hydrogen-bond acceptors (Lipinski definition) is 8. The third-order valence-corrected chi connectivity index (χ3v) is 4.96. The predicted molar refractivity (Wildman–Crippen MR) is 122 cm³/mol. The number of nitrogens with zero attached hydrogens (tertiary/aromatic N) is 2. The van der Waals surface area contributed by atoms with E-state index < -0.39 is 36.2 Å². The van der Waals surface area contributed by atoms with Crippen LogP contribution in [0.3, 0.4) is 0 Å². The Bertz CT molecular complexity index is 1140. The predicted octanol–water partition coefficient (Wildman–Crippen LogP) is 1.51. The number of para-hydroxylation sites is 2. The number of carbonyl (C=O) groups is 3. The number of carbonyl (C=O) groups excluding carboxylic acids is 3. The number of rotatable bonds is 9. The molecule has 2 amide bonds. The van der Waals surface area contributed by atoms with Crippen LogP contribution in [-0.4, -0.2) is 58.3 Å². The van der Waals surface area contributed by atoms with Crippen LogP contribution in [0, 0.1) is 0 Å². The molecule has 178 valence electrons. The van der Waals surface area contributed by atoms with Crippen molar-refractivity contribution in [3.05, 3.63) is 72.1 Å². The molecule has 3 atom stereocenters. The minimum absolute atomic E-state index is 0.00122. The first kappa shape index (κ1) is 24.6.